The van der Waals surface area contributed by atoms with Gasteiger partial charge in [-0.15, -0.1) is 11.8 Å². The van der Waals surface area contributed by atoms with Crippen molar-refractivity contribution < 1.29 is 14.3 Å². The van der Waals surface area contributed by atoms with Gasteiger partial charge in [-0.2, -0.15) is 0 Å². The fourth-order valence-corrected chi connectivity index (χ4v) is 3.69. The summed E-state index contributed by atoms with van der Waals surface area (Å²) < 4.78 is 4.49. The average Bonchev–Trinajstić information content (AvgIpc) is 2.32. The second-order valence-electron chi connectivity index (χ2n) is 4.11. The Morgan fingerprint density at radius 1 is 1.64 bits per heavy atom. The molecule has 2 saturated heterocycles. The first-order chi connectivity index (χ1) is 6.47. The maximum atomic E-state index is 11.5. The molecule has 2 aliphatic heterocycles. The zero-order chi connectivity index (χ0) is 10.5. The van der Waals surface area contributed by atoms with E-state index in [0.29, 0.717) is 6.42 Å². The Labute approximate surface area is 87.0 Å². The van der Waals surface area contributed by atoms with E-state index in [4.69, 9.17) is 4.74 Å². The van der Waals surface area contributed by atoms with Crippen LogP contribution in [0.3, 0.4) is 0 Å². The number of hydrogen-bond donors (Lipinski definition) is 0. The molecule has 14 heavy (non-hydrogen) atoms. The predicted octanol–water partition coefficient (Wildman–Crippen LogP) is 0.612. The normalized spacial score (nSPS) is 33.6. The van der Waals surface area contributed by atoms with Crippen LogP contribution in [0.4, 0.5) is 0 Å². The zero-order valence-electron chi connectivity index (χ0n) is 8.44. The molecule has 2 heterocycles. The van der Waals surface area contributed by atoms with E-state index >= 15 is 0 Å². The summed E-state index contributed by atoms with van der Waals surface area (Å²) in [6.45, 7) is 3.95. The molecule has 2 rings (SSSR count). The second kappa shape index (κ2) is 2.89. The van der Waals surface area contributed by atoms with Gasteiger partial charge in [0, 0.05) is 4.75 Å². The first kappa shape index (κ1) is 9.83. The summed E-state index contributed by atoms with van der Waals surface area (Å²) in [5.74, 6) is -0.249. The molecule has 0 N–H and O–H groups in total. The number of amides is 1. The molecule has 0 unspecified atom stereocenters. The van der Waals surface area contributed by atoms with Crippen LogP contribution in [-0.2, 0) is 14.3 Å². The maximum absolute atomic E-state index is 11.5. The van der Waals surface area contributed by atoms with Crippen LogP contribution < -0.4 is 0 Å². The monoisotopic (exact) mass is 215 g/mol. The highest BCUT2D eigenvalue weighted by molar-refractivity contribution is 8.01. The van der Waals surface area contributed by atoms with Gasteiger partial charge < -0.3 is 9.64 Å². The van der Waals surface area contributed by atoms with Crippen molar-refractivity contribution in [3.05, 3.63) is 0 Å². The molecule has 4 nitrogen and oxygen atoms in total. The summed E-state index contributed by atoms with van der Waals surface area (Å²) in [5, 5.41) is 0.182. The Bertz CT molecular complexity index is 302. The standard InChI is InChI=1S/C9H13NO3S/c1-9(2)7(8(12)13-3)10-5(11)4-6(10)14-9/h6-7H,4H2,1-3H3/t6-,7+/m1/s1. The Morgan fingerprint density at radius 3 is 2.79 bits per heavy atom. The molecule has 0 radical (unpaired) electrons. The van der Waals surface area contributed by atoms with Gasteiger partial charge in [0.25, 0.3) is 0 Å². The van der Waals surface area contributed by atoms with E-state index < -0.39 is 6.04 Å². The molecule has 0 bridgehead atoms. The molecule has 0 aliphatic carbocycles. The molecule has 78 valence electrons. The SMILES string of the molecule is COC(=O)[C@@H]1N2C(=O)C[C@H]2SC1(C)C. The summed E-state index contributed by atoms with van der Waals surface area (Å²) in [6.07, 6.45) is 0.557. The second-order valence-corrected chi connectivity index (χ2v) is 5.94. The number of β-lactam (4-membered cyclic amide) rings is 1. The number of rotatable bonds is 1. The van der Waals surface area contributed by atoms with Crippen LogP contribution in [-0.4, -0.2) is 40.0 Å². The van der Waals surface area contributed by atoms with Crippen LogP contribution in [0.5, 0.6) is 0 Å². The first-order valence-corrected chi connectivity index (χ1v) is 5.42. The Kier molecular flexibility index (Phi) is 2.03. The van der Waals surface area contributed by atoms with Crippen molar-refractivity contribution in [1.82, 2.24) is 4.90 Å². The van der Waals surface area contributed by atoms with E-state index in [2.05, 4.69) is 0 Å². The molecule has 0 aromatic carbocycles. The van der Waals surface area contributed by atoms with E-state index in [1.165, 1.54) is 7.11 Å². The van der Waals surface area contributed by atoms with Crippen molar-refractivity contribution in [2.45, 2.75) is 36.4 Å². The van der Waals surface area contributed by atoms with Gasteiger partial charge in [0.15, 0.2) is 0 Å². The molecule has 2 aliphatic rings. The van der Waals surface area contributed by atoms with Crippen LogP contribution in [0.1, 0.15) is 20.3 Å². The van der Waals surface area contributed by atoms with Crippen molar-refractivity contribution in [3.8, 4) is 0 Å². The summed E-state index contributed by atoms with van der Waals surface area (Å²) in [7, 11) is 1.36. The van der Waals surface area contributed by atoms with Crippen LogP contribution in [0.25, 0.3) is 0 Å². The van der Waals surface area contributed by atoms with E-state index in [1.807, 2.05) is 13.8 Å². The van der Waals surface area contributed by atoms with Crippen LogP contribution >= 0.6 is 11.8 Å². The molecular formula is C9H13NO3S. The fraction of sp³-hybridized carbons (Fsp3) is 0.778. The predicted molar refractivity (Wildman–Crippen MR) is 52.7 cm³/mol. The third-order valence-electron chi connectivity index (χ3n) is 2.75. The summed E-state index contributed by atoms with van der Waals surface area (Å²) in [4.78, 5) is 24.5. The van der Waals surface area contributed by atoms with Crippen LogP contribution in [0, 0.1) is 0 Å². The number of methoxy groups -OCH3 is 1. The number of esters is 1. The highest BCUT2D eigenvalue weighted by Gasteiger charge is 2.58. The zero-order valence-corrected chi connectivity index (χ0v) is 9.26. The Balaban J connectivity index is 2.26. The average molecular weight is 215 g/mol. The van der Waals surface area contributed by atoms with Gasteiger partial charge in [-0.3, -0.25) is 4.79 Å². The Morgan fingerprint density at radius 2 is 2.29 bits per heavy atom. The third-order valence-corrected chi connectivity index (χ3v) is 4.25. The summed E-state index contributed by atoms with van der Waals surface area (Å²) in [6, 6.07) is -0.413. The van der Waals surface area contributed by atoms with Gasteiger partial charge in [-0.05, 0) is 13.8 Å². The van der Waals surface area contributed by atoms with Crippen LogP contribution in [0.2, 0.25) is 0 Å². The maximum Gasteiger partial charge on any atom is 0.330 e. The number of fused-ring (bicyclic) bond motifs is 1. The molecule has 0 spiro atoms. The molecular weight excluding hydrogens is 202 g/mol. The lowest BCUT2D eigenvalue weighted by Gasteiger charge is -2.37. The lowest BCUT2D eigenvalue weighted by Crippen LogP contribution is -2.57. The summed E-state index contributed by atoms with van der Waals surface area (Å²) >= 11 is 1.68. The minimum absolute atomic E-state index is 0.0588. The number of nitrogens with zero attached hydrogens (tertiary/aromatic N) is 1. The minimum Gasteiger partial charge on any atom is -0.467 e. The topological polar surface area (TPSA) is 46.6 Å². The van der Waals surface area contributed by atoms with Crippen molar-refractivity contribution in [3.63, 3.8) is 0 Å². The molecule has 2 atom stereocenters. The lowest BCUT2D eigenvalue weighted by molar-refractivity contribution is -0.159. The van der Waals surface area contributed by atoms with E-state index in [1.54, 1.807) is 16.7 Å². The highest BCUT2D eigenvalue weighted by atomic mass is 32.2. The lowest BCUT2D eigenvalue weighted by atomic mass is 9.98. The van der Waals surface area contributed by atoms with Gasteiger partial charge in [-0.1, -0.05) is 0 Å². The van der Waals surface area contributed by atoms with Gasteiger partial charge in [-0.25, -0.2) is 4.79 Å². The number of hydrogen-bond acceptors (Lipinski definition) is 4. The molecule has 2 fully saturated rings. The highest BCUT2D eigenvalue weighted by Crippen LogP contribution is 2.50. The first-order valence-electron chi connectivity index (χ1n) is 4.54. The number of thioether (sulfide) groups is 1. The molecule has 0 saturated carbocycles. The van der Waals surface area contributed by atoms with Crippen molar-refractivity contribution >= 4 is 23.6 Å². The third kappa shape index (κ3) is 1.15. The number of carbonyl (C=O) groups excluding carboxylic acids is 2. The Hall–Kier alpha value is -0.710. The van der Waals surface area contributed by atoms with Gasteiger partial charge in [0.2, 0.25) is 5.91 Å². The quantitative estimate of drug-likeness (QED) is 0.475. The largest absolute Gasteiger partial charge is 0.467 e. The van der Waals surface area contributed by atoms with Crippen molar-refractivity contribution in [2.24, 2.45) is 0 Å². The van der Waals surface area contributed by atoms with E-state index in [0.717, 1.165) is 0 Å². The molecule has 5 heteroatoms. The van der Waals surface area contributed by atoms with E-state index in [-0.39, 0.29) is 22.0 Å². The van der Waals surface area contributed by atoms with Gasteiger partial charge in [0.05, 0.1) is 18.9 Å². The van der Waals surface area contributed by atoms with Crippen molar-refractivity contribution in [1.29, 1.82) is 0 Å². The number of ether oxygens (including phenoxy) is 1. The summed E-state index contributed by atoms with van der Waals surface area (Å²) in [5.41, 5.74) is 0. The number of carbonyl (C=O) groups is 2. The van der Waals surface area contributed by atoms with Gasteiger partial charge >= 0.3 is 5.97 Å². The van der Waals surface area contributed by atoms with E-state index in [9.17, 15) is 9.59 Å². The van der Waals surface area contributed by atoms with Crippen LogP contribution in [0.15, 0.2) is 0 Å². The van der Waals surface area contributed by atoms with Crippen molar-refractivity contribution in [2.75, 3.05) is 7.11 Å². The molecule has 0 aromatic rings. The smallest absolute Gasteiger partial charge is 0.330 e. The minimum atomic E-state index is -0.413. The molecule has 0 aromatic heterocycles. The molecule has 1 amide bonds. The van der Waals surface area contributed by atoms with Gasteiger partial charge in [0.1, 0.15) is 6.04 Å². The fourth-order valence-electron chi connectivity index (χ4n) is 2.07.